The second kappa shape index (κ2) is 11.2. The van der Waals surface area contributed by atoms with Crippen molar-refractivity contribution in [3.8, 4) is 5.75 Å². The lowest BCUT2D eigenvalue weighted by molar-refractivity contribution is 0.308. The molecule has 2 rings (SSSR count). The van der Waals surface area contributed by atoms with Crippen LogP contribution in [0.2, 0.25) is 0 Å². The molecule has 0 atom stereocenters. The van der Waals surface area contributed by atoms with Crippen molar-refractivity contribution in [1.82, 2.24) is 15.6 Å². The van der Waals surface area contributed by atoms with Crippen LogP contribution in [0.5, 0.6) is 5.75 Å². The molecule has 150 valence electrons. The Bertz CT molecular complexity index is 752. The summed E-state index contributed by atoms with van der Waals surface area (Å²) in [4.78, 5) is 8.56. The van der Waals surface area contributed by atoms with Crippen LogP contribution in [0.3, 0.4) is 0 Å². The summed E-state index contributed by atoms with van der Waals surface area (Å²) in [6.07, 6.45) is 0.879. The fraction of sp³-hybridized carbons (Fsp3) is 0.500. The van der Waals surface area contributed by atoms with Crippen LogP contribution in [0.1, 0.15) is 40.5 Å². The summed E-state index contributed by atoms with van der Waals surface area (Å²) < 4.78 is 11.5. The molecule has 0 spiro atoms. The number of nitrogens with zero attached hydrogens (tertiary/aromatic N) is 2. The molecule has 0 saturated heterocycles. The van der Waals surface area contributed by atoms with Crippen LogP contribution in [-0.4, -0.2) is 31.1 Å². The van der Waals surface area contributed by atoms with E-state index < -0.39 is 0 Å². The van der Waals surface area contributed by atoms with Crippen LogP contribution in [0.25, 0.3) is 0 Å². The summed E-state index contributed by atoms with van der Waals surface area (Å²) in [6, 6.07) is 4.27. The number of aryl methyl sites for hydroxylation is 4. The number of ether oxygens (including phenoxy) is 1. The molecule has 6 nitrogen and oxygen atoms in total. The standard InChI is InChI=1S/C20H30N4O2.HI/c1-13-10-14(2)15(3)18(11-13)25-9-7-8-22-20(21-6)23-12-19-24-16(4)17(5)26-19;/h10-11H,7-9,12H2,1-6H3,(H2,21,22,23);1H. The van der Waals surface area contributed by atoms with E-state index >= 15 is 0 Å². The number of aromatic nitrogens is 1. The van der Waals surface area contributed by atoms with Crippen molar-refractivity contribution in [2.45, 2.75) is 47.6 Å². The maximum Gasteiger partial charge on any atom is 0.214 e. The van der Waals surface area contributed by atoms with Gasteiger partial charge in [-0.05, 0) is 63.8 Å². The average molecular weight is 486 g/mol. The number of benzene rings is 1. The molecule has 2 aromatic rings. The highest BCUT2D eigenvalue weighted by atomic mass is 127. The number of hydrogen-bond donors (Lipinski definition) is 2. The molecule has 0 aliphatic rings. The zero-order valence-corrected chi connectivity index (χ0v) is 19.4. The highest BCUT2D eigenvalue weighted by molar-refractivity contribution is 14.0. The van der Waals surface area contributed by atoms with Crippen molar-refractivity contribution in [2.24, 2.45) is 4.99 Å². The number of guanidine groups is 1. The molecule has 27 heavy (non-hydrogen) atoms. The van der Waals surface area contributed by atoms with Gasteiger partial charge in [0, 0.05) is 13.6 Å². The van der Waals surface area contributed by atoms with Gasteiger partial charge in [-0.15, -0.1) is 24.0 Å². The van der Waals surface area contributed by atoms with Gasteiger partial charge in [0.2, 0.25) is 5.89 Å². The van der Waals surface area contributed by atoms with Crippen LogP contribution < -0.4 is 15.4 Å². The number of halogens is 1. The predicted octanol–water partition coefficient (Wildman–Crippen LogP) is 3.97. The molecule has 2 N–H and O–H groups in total. The summed E-state index contributed by atoms with van der Waals surface area (Å²) in [7, 11) is 1.75. The molecule has 0 aliphatic carbocycles. The van der Waals surface area contributed by atoms with Crippen molar-refractivity contribution in [3.63, 3.8) is 0 Å². The summed E-state index contributed by atoms with van der Waals surface area (Å²) in [6.45, 7) is 12.1. The second-order valence-corrected chi connectivity index (χ2v) is 6.51. The van der Waals surface area contributed by atoms with E-state index in [0.717, 1.165) is 36.1 Å². The first-order valence-electron chi connectivity index (χ1n) is 8.98. The van der Waals surface area contributed by atoms with E-state index in [9.17, 15) is 0 Å². The first kappa shape index (κ1) is 23.3. The lowest BCUT2D eigenvalue weighted by atomic mass is 10.1. The Morgan fingerprint density at radius 2 is 1.89 bits per heavy atom. The van der Waals surface area contributed by atoms with Gasteiger partial charge in [-0.3, -0.25) is 4.99 Å². The van der Waals surface area contributed by atoms with Gasteiger partial charge < -0.3 is 19.8 Å². The third-order valence-corrected chi connectivity index (χ3v) is 4.34. The normalized spacial score (nSPS) is 11.1. The van der Waals surface area contributed by atoms with E-state index in [1.807, 2.05) is 13.8 Å². The lowest BCUT2D eigenvalue weighted by Crippen LogP contribution is -2.37. The number of rotatable bonds is 7. The summed E-state index contributed by atoms with van der Waals surface area (Å²) >= 11 is 0. The van der Waals surface area contributed by atoms with Gasteiger partial charge in [-0.2, -0.15) is 0 Å². The molecule has 0 amide bonds. The quantitative estimate of drug-likeness (QED) is 0.268. The molecule has 0 aliphatic heterocycles. The van der Waals surface area contributed by atoms with E-state index in [4.69, 9.17) is 9.15 Å². The molecule has 1 aromatic heterocycles. The van der Waals surface area contributed by atoms with E-state index in [1.165, 1.54) is 16.7 Å². The minimum atomic E-state index is 0. The maximum atomic E-state index is 5.93. The predicted molar refractivity (Wildman–Crippen MR) is 120 cm³/mol. The van der Waals surface area contributed by atoms with E-state index in [2.05, 4.69) is 53.5 Å². The molecule has 1 heterocycles. The molecule has 0 unspecified atom stereocenters. The molecule has 0 saturated carbocycles. The Labute approximate surface area is 179 Å². The van der Waals surface area contributed by atoms with Gasteiger partial charge in [-0.1, -0.05) is 6.07 Å². The Kier molecular flexibility index (Phi) is 9.62. The summed E-state index contributed by atoms with van der Waals surface area (Å²) in [5, 5.41) is 6.47. The Morgan fingerprint density at radius 1 is 1.15 bits per heavy atom. The van der Waals surface area contributed by atoms with E-state index in [0.29, 0.717) is 19.0 Å². The molecular formula is C20H31IN4O2. The number of hydrogen-bond acceptors (Lipinski definition) is 4. The molecule has 0 radical (unpaired) electrons. The lowest BCUT2D eigenvalue weighted by Gasteiger charge is -2.13. The van der Waals surface area contributed by atoms with Gasteiger partial charge in [0.15, 0.2) is 5.96 Å². The SMILES string of the molecule is CN=C(NCCCOc1cc(C)cc(C)c1C)NCc1nc(C)c(C)o1.I. The number of oxazole rings is 1. The molecule has 0 bridgehead atoms. The maximum absolute atomic E-state index is 5.93. The van der Waals surface area contributed by atoms with Crippen molar-refractivity contribution < 1.29 is 9.15 Å². The summed E-state index contributed by atoms with van der Waals surface area (Å²) in [5.74, 6) is 3.21. The fourth-order valence-corrected chi connectivity index (χ4v) is 2.61. The number of aliphatic imine (C=N–C) groups is 1. The Morgan fingerprint density at radius 3 is 2.52 bits per heavy atom. The van der Waals surface area contributed by atoms with Crippen LogP contribution >= 0.6 is 24.0 Å². The van der Waals surface area contributed by atoms with Gasteiger partial charge in [0.25, 0.3) is 0 Å². The van der Waals surface area contributed by atoms with E-state index in [1.54, 1.807) is 7.05 Å². The molecular weight excluding hydrogens is 455 g/mol. The summed E-state index contributed by atoms with van der Waals surface area (Å²) in [5.41, 5.74) is 4.61. The molecule has 7 heteroatoms. The monoisotopic (exact) mass is 486 g/mol. The zero-order chi connectivity index (χ0) is 19.1. The fourth-order valence-electron chi connectivity index (χ4n) is 2.61. The zero-order valence-electron chi connectivity index (χ0n) is 17.1. The van der Waals surface area contributed by atoms with Crippen LogP contribution in [0.4, 0.5) is 0 Å². The van der Waals surface area contributed by atoms with Crippen LogP contribution in [0.15, 0.2) is 21.5 Å². The van der Waals surface area contributed by atoms with Gasteiger partial charge in [0.1, 0.15) is 11.5 Å². The third-order valence-electron chi connectivity index (χ3n) is 4.34. The van der Waals surface area contributed by atoms with Crippen LogP contribution in [-0.2, 0) is 6.54 Å². The second-order valence-electron chi connectivity index (χ2n) is 6.51. The van der Waals surface area contributed by atoms with E-state index in [-0.39, 0.29) is 24.0 Å². The van der Waals surface area contributed by atoms with Gasteiger partial charge in [0.05, 0.1) is 18.8 Å². The number of nitrogens with one attached hydrogen (secondary N) is 2. The minimum absolute atomic E-state index is 0. The first-order valence-corrected chi connectivity index (χ1v) is 8.98. The van der Waals surface area contributed by atoms with Gasteiger partial charge >= 0.3 is 0 Å². The largest absolute Gasteiger partial charge is 0.493 e. The van der Waals surface area contributed by atoms with Gasteiger partial charge in [-0.25, -0.2) is 4.98 Å². The molecule has 1 aromatic carbocycles. The minimum Gasteiger partial charge on any atom is -0.493 e. The first-order chi connectivity index (χ1) is 12.4. The topological polar surface area (TPSA) is 71.7 Å². The van der Waals surface area contributed by atoms with Crippen molar-refractivity contribution in [2.75, 3.05) is 20.2 Å². The smallest absolute Gasteiger partial charge is 0.214 e. The highest BCUT2D eigenvalue weighted by Gasteiger charge is 2.07. The van der Waals surface area contributed by atoms with Crippen molar-refractivity contribution >= 4 is 29.9 Å². The van der Waals surface area contributed by atoms with Crippen LogP contribution in [0, 0.1) is 34.6 Å². The Hall–Kier alpha value is -1.77. The third kappa shape index (κ3) is 7.04. The average Bonchev–Trinajstić information content (AvgIpc) is 2.92. The van der Waals surface area contributed by atoms with Crippen molar-refractivity contribution in [3.05, 3.63) is 46.2 Å². The highest BCUT2D eigenvalue weighted by Crippen LogP contribution is 2.23. The molecule has 0 fully saturated rings. The Balaban J connectivity index is 0.00000364. The van der Waals surface area contributed by atoms with Crippen molar-refractivity contribution in [1.29, 1.82) is 0 Å².